The van der Waals surface area contributed by atoms with Crippen LogP contribution in [0.3, 0.4) is 0 Å². The third kappa shape index (κ3) is 3.96. The lowest BCUT2D eigenvalue weighted by atomic mass is 9.98. The fourth-order valence-electron chi connectivity index (χ4n) is 4.85. The van der Waals surface area contributed by atoms with Crippen LogP contribution in [0.4, 0.5) is 0 Å². The van der Waals surface area contributed by atoms with E-state index in [4.69, 9.17) is 23.7 Å². The van der Waals surface area contributed by atoms with Crippen LogP contribution >= 0.6 is 0 Å². The Hall–Kier alpha value is -3.09. The zero-order valence-electron chi connectivity index (χ0n) is 18.4. The second-order valence-electron chi connectivity index (χ2n) is 7.91. The Morgan fingerprint density at radius 3 is 2.29 bits per heavy atom. The molecule has 31 heavy (non-hydrogen) atoms. The maximum absolute atomic E-state index is 13.6. The molecule has 0 N–H and O–H groups in total. The van der Waals surface area contributed by atoms with Crippen LogP contribution in [0.25, 0.3) is 0 Å². The molecule has 2 aromatic rings. The number of fused-ring (bicyclic) bond motifs is 2. The van der Waals surface area contributed by atoms with Crippen LogP contribution in [0.1, 0.15) is 29.6 Å². The highest BCUT2D eigenvalue weighted by atomic mass is 16.5. The minimum atomic E-state index is -0.0364. The summed E-state index contributed by atoms with van der Waals surface area (Å²) < 4.78 is 27.6. The summed E-state index contributed by atoms with van der Waals surface area (Å²) in [5, 5.41) is 0. The van der Waals surface area contributed by atoms with Crippen molar-refractivity contribution in [2.45, 2.75) is 31.3 Å². The molecule has 1 saturated heterocycles. The van der Waals surface area contributed by atoms with Crippen LogP contribution in [0.2, 0.25) is 0 Å². The number of hydrogen-bond acceptors (Lipinski definition) is 6. The van der Waals surface area contributed by atoms with Gasteiger partial charge in [0.05, 0.1) is 34.5 Å². The number of benzene rings is 2. The summed E-state index contributed by atoms with van der Waals surface area (Å²) in [6, 6.07) is 11.2. The maximum atomic E-state index is 13.6. The van der Waals surface area contributed by atoms with Crippen molar-refractivity contribution < 1.29 is 28.5 Å². The monoisotopic (exact) mass is 427 g/mol. The van der Waals surface area contributed by atoms with Gasteiger partial charge >= 0.3 is 0 Å². The van der Waals surface area contributed by atoms with Crippen LogP contribution < -0.4 is 23.7 Å². The molecule has 2 fully saturated rings. The summed E-state index contributed by atoms with van der Waals surface area (Å²) in [5.74, 6) is 3.31. The van der Waals surface area contributed by atoms with Crippen LogP contribution in [-0.4, -0.2) is 57.9 Å². The molecule has 0 aromatic heterocycles. The SMILES string of the molecule is COc1cccc(OC[C@@H]2[C@H]3CC[C@@H](C3)N2C(=O)c2cc(OC)c(OC)c(OC)c2)c1. The molecule has 7 heteroatoms. The van der Waals surface area contributed by atoms with Crippen molar-refractivity contribution in [3.8, 4) is 28.7 Å². The van der Waals surface area contributed by atoms with Crippen LogP contribution in [0, 0.1) is 5.92 Å². The molecule has 2 aliphatic rings. The van der Waals surface area contributed by atoms with Gasteiger partial charge in [-0.3, -0.25) is 4.79 Å². The van der Waals surface area contributed by atoms with Gasteiger partial charge in [-0.15, -0.1) is 0 Å². The number of rotatable bonds is 8. The molecule has 4 rings (SSSR count). The maximum Gasteiger partial charge on any atom is 0.254 e. The molecule has 1 saturated carbocycles. The third-order valence-electron chi connectivity index (χ3n) is 6.35. The van der Waals surface area contributed by atoms with Gasteiger partial charge in [-0.05, 0) is 49.4 Å². The molecule has 2 bridgehead atoms. The lowest BCUT2D eigenvalue weighted by Crippen LogP contribution is -2.47. The summed E-state index contributed by atoms with van der Waals surface area (Å²) >= 11 is 0. The Balaban J connectivity index is 1.57. The quantitative estimate of drug-likeness (QED) is 0.639. The average Bonchev–Trinajstić information content (AvgIpc) is 3.43. The third-order valence-corrected chi connectivity index (χ3v) is 6.35. The Kier molecular flexibility index (Phi) is 6.11. The molecule has 1 aliphatic carbocycles. The van der Waals surface area contributed by atoms with Crippen molar-refractivity contribution >= 4 is 5.91 Å². The predicted molar refractivity (Wildman–Crippen MR) is 116 cm³/mol. The standard InChI is InChI=1S/C24H29NO6/c1-27-18-6-5-7-19(13-18)31-14-20-15-8-9-17(10-15)25(20)24(26)16-11-21(28-2)23(30-4)22(12-16)29-3/h5-7,11-13,15,17,20H,8-10,14H2,1-4H3/t15-,17-,20+/m0/s1. The van der Waals surface area contributed by atoms with Gasteiger partial charge in [-0.25, -0.2) is 0 Å². The molecule has 0 unspecified atom stereocenters. The highest BCUT2D eigenvalue weighted by Gasteiger charge is 2.48. The van der Waals surface area contributed by atoms with Crippen LogP contribution in [0.15, 0.2) is 36.4 Å². The van der Waals surface area contributed by atoms with Crippen molar-refractivity contribution in [2.75, 3.05) is 35.0 Å². The van der Waals surface area contributed by atoms with Gasteiger partial charge in [0.25, 0.3) is 5.91 Å². The fraction of sp³-hybridized carbons (Fsp3) is 0.458. The molecule has 1 amide bonds. The van der Waals surface area contributed by atoms with Gasteiger partial charge in [-0.1, -0.05) is 6.07 Å². The zero-order valence-corrected chi connectivity index (χ0v) is 18.4. The van der Waals surface area contributed by atoms with Gasteiger partial charge in [0.2, 0.25) is 5.75 Å². The van der Waals surface area contributed by atoms with E-state index < -0.39 is 0 Å². The van der Waals surface area contributed by atoms with E-state index in [0.717, 1.165) is 30.8 Å². The van der Waals surface area contributed by atoms with E-state index >= 15 is 0 Å². The minimum absolute atomic E-state index is 0.0246. The van der Waals surface area contributed by atoms with Gasteiger partial charge in [0.1, 0.15) is 18.1 Å². The molecule has 3 atom stereocenters. The number of hydrogen-bond donors (Lipinski definition) is 0. The molecule has 2 aromatic carbocycles. The van der Waals surface area contributed by atoms with Crippen molar-refractivity contribution in [1.82, 2.24) is 4.90 Å². The molecular formula is C24H29NO6. The van der Waals surface area contributed by atoms with E-state index in [9.17, 15) is 4.79 Å². The molecule has 1 aliphatic heterocycles. The van der Waals surface area contributed by atoms with E-state index in [2.05, 4.69) is 0 Å². The van der Waals surface area contributed by atoms with Crippen molar-refractivity contribution in [3.05, 3.63) is 42.0 Å². The van der Waals surface area contributed by atoms with Gasteiger partial charge in [-0.2, -0.15) is 0 Å². The highest BCUT2D eigenvalue weighted by Crippen LogP contribution is 2.45. The first kappa shape index (κ1) is 21.2. The smallest absolute Gasteiger partial charge is 0.254 e. The lowest BCUT2D eigenvalue weighted by molar-refractivity contribution is 0.0505. The second-order valence-corrected chi connectivity index (χ2v) is 7.91. The minimum Gasteiger partial charge on any atom is -0.497 e. The first-order valence-electron chi connectivity index (χ1n) is 10.5. The summed E-state index contributed by atoms with van der Waals surface area (Å²) in [7, 11) is 6.28. The number of carbonyl (C=O) groups excluding carboxylic acids is 1. The number of piperidine rings is 1. The van der Waals surface area contributed by atoms with Gasteiger partial charge in [0, 0.05) is 17.7 Å². The molecule has 1 heterocycles. The number of likely N-dealkylation sites (tertiary alicyclic amines) is 1. The van der Waals surface area contributed by atoms with Crippen LogP contribution in [-0.2, 0) is 0 Å². The number of nitrogens with zero attached hydrogens (tertiary/aromatic N) is 1. The Labute approximate surface area is 182 Å². The average molecular weight is 427 g/mol. The predicted octanol–water partition coefficient (Wildman–Crippen LogP) is 3.79. The first-order chi connectivity index (χ1) is 15.1. The molecule has 0 radical (unpaired) electrons. The molecule has 166 valence electrons. The van der Waals surface area contributed by atoms with Crippen molar-refractivity contribution in [2.24, 2.45) is 5.92 Å². The summed E-state index contributed by atoms with van der Waals surface area (Å²) in [5.41, 5.74) is 0.522. The number of methoxy groups -OCH3 is 4. The van der Waals surface area contributed by atoms with Crippen LogP contribution in [0.5, 0.6) is 28.7 Å². The van der Waals surface area contributed by atoms with E-state index in [-0.39, 0.29) is 18.0 Å². The molecular weight excluding hydrogens is 398 g/mol. The molecule has 7 nitrogen and oxygen atoms in total. The van der Waals surface area contributed by atoms with E-state index in [0.29, 0.717) is 35.3 Å². The summed E-state index contributed by atoms with van der Waals surface area (Å²) in [4.78, 5) is 15.6. The topological polar surface area (TPSA) is 66.5 Å². The second kappa shape index (κ2) is 8.96. The van der Waals surface area contributed by atoms with Gasteiger partial charge in [0.15, 0.2) is 11.5 Å². The van der Waals surface area contributed by atoms with E-state index in [1.807, 2.05) is 29.2 Å². The number of carbonyl (C=O) groups is 1. The summed E-state index contributed by atoms with van der Waals surface area (Å²) in [6.45, 7) is 0.449. The Bertz CT molecular complexity index is 920. The van der Waals surface area contributed by atoms with Crippen molar-refractivity contribution in [3.63, 3.8) is 0 Å². The fourth-order valence-corrected chi connectivity index (χ4v) is 4.85. The highest BCUT2D eigenvalue weighted by molar-refractivity contribution is 5.96. The normalized spacial score (nSPS) is 21.7. The number of ether oxygens (including phenoxy) is 5. The van der Waals surface area contributed by atoms with Gasteiger partial charge < -0.3 is 28.6 Å². The zero-order chi connectivity index (χ0) is 22.0. The van der Waals surface area contributed by atoms with Crippen molar-refractivity contribution in [1.29, 1.82) is 0 Å². The Morgan fingerprint density at radius 1 is 0.935 bits per heavy atom. The lowest BCUT2D eigenvalue weighted by Gasteiger charge is -2.35. The van der Waals surface area contributed by atoms with E-state index in [1.54, 1.807) is 40.6 Å². The Morgan fingerprint density at radius 2 is 1.65 bits per heavy atom. The summed E-state index contributed by atoms with van der Waals surface area (Å²) in [6.07, 6.45) is 3.16. The number of amides is 1. The largest absolute Gasteiger partial charge is 0.497 e. The van der Waals surface area contributed by atoms with E-state index in [1.165, 1.54) is 0 Å². The first-order valence-corrected chi connectivity index (χ1v) is 10.5. The molecule has 0 spiro atoms.